The van der Waals surface area contributed by atoms with Crippen molar-refractivity contribution < 1.29 is 14.3 Å². The Balaban J connectivity index is 2.05. The smallest absolute Gasteiger partial charge is 0.269 e. The molecule has 6 nitrogen and oxygen atoms in total. The van der Waals surface area contributed by atoms with E-state index in [1.165, 1.54) is 19.4 Å². The van der Waals surface area contributed by atoms with Crippen molar-refractivity contribution in [2.75, 3.05) is 19.0 Å². The fourth-order valence-electron chi connectivity index (χ4n) is 2.21. The van der Waals surface area contributed by atoms with Crippen LogP contribution in [0.25, 0.3) is 0 Å². The van der Waals surface area contributed by atoms with Gasteiger partial charge in [0.2, 0.25) is 0 Å². The van der Waals surface area contributed by atoms with Crippen LogP contribution >= 0.6 is 11.6 Å². The van der Waals surface area contributed by atoms with Crippen molar-refractivity contribution in [2.45, 2.75) is 20.3 Å². The zero-order valence-electron chi connectivity index (χ0n) is 15.0. The molecule has 7 heteroatoms. The van der Waals surface area contributed by atoms with Gasteiger partial charge in [0.25, 0.3) is 11.8 Å². The summed E-state index contributed by atoms with van der Waals surface area (Å²) in [5, 5.41) is 5.93. The van der Waals surface area contributed by atoms with Gasteiger partial charge in [0, 0.05) is 24.0 Å². The first-order chi connectivity index (χ1) is 12.4. The SMILES string of the molecule is COc1ccc(NC(=O)c2ccnc(C(=O)NCCC(C)C)c2)cc1Cl. The van der Waals surface area contributed by atoms with Crippen LogP contribution in [0.1, 0.15) is 41.1 Å². The number of hydrogen-bond donors (Lipinski definition) is 2. The first-order valence-corrected chi connectivity index (χ1v) is 8.67. The lowest BCUT2D eigenvalue weighted by atomic mass is 10.1. The largest absolute Gasteiger partial charge is 0.495 e. The molecule has 26 heavy (non-hydrogen) atoms. The molecule has 138 valence electrons. The molecule has 0 aliphatic rings. The summed E-state index contributed by atoms with van der Waals surface area (Å²) in [5.74, 6) is 0.364. The molecule has 0 aliphatic carbocycles. The summed E-state index contributed by atoms with van der Waals surface area (Å²) < 4.78 is 5.08. The second-order valence-corrected chi connectivity index (χ2v) is 6.58. The quantitative estimate of drug-likeness (QED) is 0.771. The number of carbonyl (C=O) groups excluding carboxylic acids is 2. The molecule has 2 rings (SSSR count). The van der Waals surface area contributed by atoms with Gasteiger partial charge < -0.3 is 15.4 Å². The van der Waals surface area contributed by atoms with E-state index in [-0.39, 0.29) is 17.5 Å². The molecule has 0 bridgehead atoms. The number of methoxy groups -OCH3 is 1. The fraction of sp³-hybridized carbons (Fsp3) is 0.316. The third kappa shape index (κ3) is 5.46. The standard InChI is InChI=1S/C19H22ClN3O3/c1-12(2)6-8-22-19(25)16-10-13(7-9-21-16)18(24)23-14-4-5-17(26-3)15(20)11-14/h4-5,7,9-12H,6,8H2,1-3H3,(H,22,25)(H,23,24). The highest BCUT2D eigenvalue weighted by atomic mass is 35.5. The van der Waals surface area contributed by atoms with Crippen LogP contribution in [0.3, 0.4) is 0 Å². The number of rotatable bonds is 7. The van der Waals surface area contributed by atoms with E-state index < -0.39 is 0 Å². The summed E-state index contributed by atoms with van der Waals surface area (Å²) >= 11 is 6.06. The van der Waals surface area contributed by atoms with Gasteiger partial charge in [0.1, 0.15) is 11.4 Å². The van der Waals surface area contributed by atoms with Crippen LogP contribution in [0.4, 0.5) is 5.69 Å². The normalized spacial score (nSPS) is 10.5. The second kappa shape index (κ2) is 9.20. The van der Waals surface area contributed by atoms with Crippen LogP contribution in [0.15, 0.2) is 36.5 Å². The Morgan fingerprint density at radius 3 is 2.62 bits per heavy atom. The zero-order valence-corrected chi connectivity index (χ0v) is 15.8. The van der Waals surface area contributed by atoms with Gasteiger partial charge >= 0.3 is 0 Å². The monoisotopic (exact) mass is 375 g/mol. The summed E-state index contributed by atoms with van der Waals surface area (Å²) in [6, 6.07) is 7.96. The number of anilines is 1. The highest BCUT2D eigenvalue weighted by Crippen LogP contribution is 2.27. The third-order valence-electron chi connectivity index (χ3n) is 3.67. The number of aromatic nitrogens is 1. The molecule has 0 unspecified atom stereocenters. The molecule has 0 radical (unpaired) electrons. The highest BCUT2D eigenvalue weighted by Gasteiger charge is 2.13. The van der Waals surface area contributed by atoms with Crippen LogP contribution in [0, 0.1) is 5.92 Å². The summed E-state index contributed by atoms with van der Waals surface area (Å²) in [4.78, 5) is 28.6. The molecular formula is C19H22ClN3O3. The number of pyridine rings is 1. The van der Waals surface area contributed by atoms with Crippen LogP contribution in [0.5, 0.6) is 5.75 Å². The number of hydrogen-bond acceptors (Lipinski definition) is 4. The Kier molecular flexibility index (Phi) is 6.97. The Morgan fingerprint density at radius 2 is 1.96 bits per heavy atom. The Hall–Kier alpha value is -2.60. The number of nitrogens with one attached hydrogen (secondary N) is 2. The molecule has 0 spiro atoms. The van der Waals surface area contributed by atoms with Crippen molar-refractivity contribution in [2.24, 2.45) is 5.92 Å². The van der Waals surface area contributed by atoms with Gasteiger partial charge in [0.15, 0.2) is 0 Å². The van der Waals surface area contributed by atoms with Crippen molar-refractivity contribution in [3.8, 4) is 5.75 Å². The molecular weight excluding hydrogens is 354 g/mol. The first kappa shape index (κ1) is 19.7. The lowest BCUT2D eigenvalue weighted by molar-refractivity contribution is 0.0947. The van der Waals surface area contributed by atoms with E-state index in [9.17, 15) is 9.59 Å². The molecule has 2 aromatic rings. The average Bonchev–Trinajstić information content (AvgIpc) is 2.61. The maximum absolute atomic E-state index is 12.4. The number of halogens is 1. The predicted octanol–water partition coefficient (Wildman–Crippen LogP) is 3.77. The average molecular weight is 376 g/mol. The molecule has 2 amide bonds. The Bertz CT molecular complexity index is 793. The van der Waals surface area contributed by atoms with Crippen LogP contribution in [0.2, 0.25) is 5.02 Å². The minimum absolute atomic E-state index is 0.203. The van der Waals surface area contributed by atoms with Crippen LogP contribution in [-0.2, 0) is 0 Å². The van der Waals surface area contributed by atoms with Gasteiger partial charge in [-0.3, -0.25) is 14.6 Å². The topological polar surface area (TPSA) is 80.3 Å². The molecule has 0 atom stereocenters. The van der Waals surface area contributed by atoms with Crippen molar-refractivity contribution in [3.63, 3.8) is 0 Å². The molecule has 1 aromatic carbocycles. The zero-order chi connectivity index (χ0) is 19.1. The number of carbonyl (C=O) groups is 2. The van der Waals surface area contributed by atoms with Gasteiger partial charge in [-0.2, -0.15) is 0 Å². The fourth-order valence-corrected chi connectivity index (χ4v) is 2.47. The number of ether oxygens (including phenoxy) is 1. The van der Waals surface area contributed by atoms with Crippen molar-refractivity contribution in [1.29, 1.82) is 0 Å². The number of benzene rings is 1. The van der Waals surface area contributed by atoms with E-state index in [1.54, 1.807) is 24.3 Å². The summed E-state index contributed by atoms with van der Waals surface area (Å²) in [6.45, 7) is 4.74. The second-order valence-electron chi connectivity index (χ2n) is 6.17. The highest BCUT2D eigenvalue weighted by molar-refractivity contribution is 6.32. The third-order valence-corrected chi connectivity index (χ3v) is 3.97. The van der Waals surface area contributed by atoms with Gasteiger partial charge in [-0.05, 0) is 42.7 Å². The lowest BCUT2D eigenvalue weighted by Gasteiger charge is -2.09. The van der Waals surface area contributed by atoms with Gasteiger partial charge in [-0.25, -0.2) is 0 Å². The van der Waals surface area contributed by atoms with Crippen molar-refractivity contribution in [1.82, 2.24) is 10.3 Å². The minimum Gasteiger partial charge on any atom is -0.495 e. The van der Waals surface area contributed by atoms with E-state index in [4.69, 9.17) is 16.3 Å². The molecule has 1 aromatic heterocycles. The molecule has 0 aliphatic heterocycles. The molecule has 0 saturated carbocycles. The summed E-state index contributed by atoms with van der Waals surface area (Å²) in [7, 11) is 1.52. The van der Waals surface area contributed by atoms with Gasteiger partial charge in [-0.1, -0.05) is 25.4 Å². The minimum atomic E-state index is -0.357. The Morgan fingerprint density at radius 1 is 1.19 bits per heavy atom. The van der Waals surface area contributed by atoms with Crippen molar-refractivity contribution in [3.05, 3.63) is 52.8 Å². The molecule has 0 saturated heterocycles. The van der Waals surface area contributed by atoms with E-state index in [2.05, 4.69) is 29.5 Å². The van der Waals surface area contributed by atoms with Gasteiger partial charge in [0.05, 0.1) is 12.1 Å². The van der Waals surface area contributed by atoms with Crippen LogP contribution < -0.4 is 15.4 Å². The molecule has 1 heterocycles. The van der Waals surface area contributed by atoms with E-state index in [0.717, 1.165) is 6.42 Å². The number of amides is 2. The molecule has 2 N–H and O–H groups in total. The lowest BCUT2D eigenvalue weighted by Crippen LogP contribution is -2.26. The predicted molar refractivity (Wildman–Crippen MR) is 102 cm³/mol. The first-order valence-electron chi connectivity index (χ1n) is 8.30. The maximum Gasteiger partial charge on any atom is 0.269 e. The molecule has 0 fully saturated rings. The van der Waals surface area contributed by atoms with Gasteiger partial charge in [-0.15, -0.1) is 0 Å². The summed E-state index contributed by atoms with van der Waals surface area (Å²) in [5.41, 5.74) is 1.07. The van der Waals surface area contributed by atoms with Crippen LogP contribution in [-0.4, -0.2) is 30.5 Å². The Labute approximate surface area is 157 Å². The van der Waals surface area contributed by atoms with E-state index in [0.29, 0.717) is 34.5 Å². The van der Waals surface area contributed by atoms with E-state index >= 15 is 0 Å². The van der Waals surface area contributed by atoms with E-state index in [1.807, 2.05) is 0 Å². The number of nitrogens with zero attached hydrogens (tertiary/aromatic N) is 1. The van der Waals surface area contributed by atoms with Crippen molar-refractivity contribution >= 4 is 29.1 Å². The summed E-state index contributed by atoms with van der Waals surface area (Å²) in [6.07, 6.45) is 2.32. The maximum atomic E-state index is 12.4.